The first kappa shape index (κ1) is 24.1. The van der Waals surface area contributed by atoms with Crippen LogP contribution in [0.4, 0.5) is 4.39 Å². The van der Waals surface area contributed by atoms with Gasteiger partial charge in [0.25, 0.3) is 11.9 Å². The maximum absolute atomic E-state index is 13.5. The number of rotatable bonds is 6. The molecule has 1 aromatic carbocycles. The number of piperidine rings is 1. The van der Waals surface area contributed by atoms with Gasteiger partial charge in [-0.3, -0.25) is 4.79 Å². The van der Waals surface area contributed by atoms with Crippen molar-refractivity contribution in [2.24, 2.45) is 17.6 Å². The minimum atomic E-state index is -0.613. The average Bonchev–Trinajstić information content (AvgIpc) is 3.22. The van der Waals surface area contributed by atoms with E-state index in [4.69, 9.17) is 10.5 Å². The van der Waals surface area contributed by atoms with Gasteiger partial charge in [-0.2, -0.15) is 0 Å². The number of aromatic nitrogens is 6. The molecule has 2 aliphatic rings. The molecule has 1 saturated carbocycles. The topological polar surface area (TPSA) is 125 Å². The zero-order valence-corrected chi connectivity index (χ0v) is 21.2. The van der Waals surface area contributed by atoms with Crippen LogP contribution >= 0.6 is 0 Å². The van der Waals surface area contributed by atoms with E-state index >= 15 is 0 Å². The standard InChI is InChI=1S/C27H27FN8O2/c1-15-23(34-36(33-15)26-30-9-4-10-31-26)25(37)35-13-19-20(14-35)24(19)38-22-12-17(27(2,3)29)11-21(32-22)16-5-7-18(28)8-6-16/h4-12,19-20,24H,13-14,29H2,1-3H3/t19-,20+,24-. The second-order valence-electron chi connectivity index (χ2n) is 10.4. The third-order valence-corrected chi connectivity index (χ3v) is 7.06. The van der Waals surface area contributed by atoms with Crippen molar-refractivity contribution >= 4 is 5.91 Å². The van der Waals surface area contributed by atoms with Gasteiger partial charge in [0.1, 0.15) is 11.9 Å². The zero-order chi connectivity index (χ0) is 26.6. The Morgan fingerprint density at radius 2 is 1.76 bits per heavy atom. The van der Waals surface area contributed by atoms with Crippen LogP contribution in [-0.4, -0.2) is 59.9 Å². The highest BCUT2D eigenvalue weighted by molar-refractivity contribution is 5.93. The maximum Gasteiger partial charge on any atom is 0.276 e. The van der Waals surface area contributed by atoms with Crippen LogP contribution in [0.1, 0.15) is 35.6 Å². The molecule has 10 nitrogen and oxygen atoms in total. The van der Waals surface area contributed by atoms with Gasteiger partial charge in [0, 0.05) is 54.5 Å². The van der Waals surface area contributed by atoms with E-state index in [-0.39, 0.29) is 29.7 Å². The molecule has 2 N–H and O–H groups in total. The summed E-state index contributed by atoms with van der Waals surface area (Å²) in [5.74, 6) is 0.715. The molecule has 6 rings (SSSR count). The number of halogens is 1. The Balaban J connectivity index is 1.16. The molecule has 1 amide bonds. The minimum Gasteiger partial charge on any atom is -0.474 e. The summed E-state index contributed by atoms with van der Waals surface area (Å²) in [4.78, 5) is 29.2. The SMILES string of the molecule is Cc1nn(-c2ncccn2)nc1C(=O)N1C[C@@H]2[C@H](C1)[C@@H]2Oc1cc(C(C)(C)N)cc(-c2ccc(F)cc2)n1. The quantitative estimate of drug-likeness (QED) is 0.416. The molecule has 11 heteroatoms. The molecular formula is C27H27FN8O2. The summed E-state index contributed by atoms with van der Waals surface area (Å²) in [6.07, 6.45) is 3.15. The van der Waals surface area contributed by atoms with Crippen LogP contribution in [0.3, 0.4) is 0 Å². The van der Waals surface area contributed by atoms with E-state index in [9.17, 15) is 9.18 Å². The summed E-state index contributed by atoms with van der Waals surface area (Å²) in [6, 6.07) is 11.6. The number of hydrogen-bond acceptors (Lipinski definition) is 8. The number of carbonyl (C=O) groups excluding carboxylic acids is 1. The highest BCUT2D eigenvalue weighted by atomic mass is 19.1. The molecule has 0 radical (unpaired) electrons. The minimum absolute atomic E-state index is 0.0433. The number of amides is 1. The van der Waals surface area contributed by atoms with Crippen LogP contribution in [0, 0.1) is 24.6 Å². The van der Waals surface area contributed by atoms with Gasteiger partial charge in [-0.05, 0) is 62.7 Å². The summed E-state index contributed by atoms with van der Waals surface area (Å²) >= 11 is 0. The Morgan fingerprint density at radius 1 is 1.08 bits per heavy atom. The number of ether oxygens (including phenoxy) is 1. The average molecular weight is 515 g/mol. The van der Waals surface area contributed by atoms with Crippen LogP contribution in [0.25, 0.3) is 17.2 Å². The predicted molar refractivity (Wildman–Crippen MR) is 136 cm³/mol. The summed E-state index contributed by atoms with van der Waals surface area (Å²) in [5, 5.41) is 8.65. The van der Waals surface area contributed by atoms with Crippen molar-refractivity contribution in [3.8, 4) is 23.1 Å². The lowest BCUT2D eigenvalue weighted by atomic mass is 9.95. The molecule has 4 aromatic rings. The largest absolute Gasteiger partial charge is 0.474 e. The van der Waals surface area contributed by atoms with E-state index < -0.39 is 5.54 Å². The van der Waals surface area contributed by atoms with Crippen LogP contribution in [0.2, 0.25) is 0 Å². The molecule has 2 fully saturated rings. The number of likely N-dealkylation sites (tertiary alicyclic amines) is 1. The normalized spacial score (nSPS) is 20.3. The van der Waals surface area contributed by atoms with Crippen LogP contribution in [-0.2, 0) is 5.54 Å². The third-order valence-electron chi connectivity index (χ3n) is 7.06. The first-order valence-electron chi connectivity index (χ1n) is 12.4. The molecular weight excluding hydrogens is 487 g/mol. The number of pyridine rings is 1. The Bertz CT molecular complexity index is 1490. The number of fused-ring (bicyclic) bond motifs is 1. The van der Waals surface area contributed by atoms with Crippen molar-refractivity contribution in [1.82, 2.24) is 34.8 Å². The van der Waals surface area contributed by atoms with E-state index in [1.807, 2.05) is 26.0 Å². The van der Waals surface area contributed by atoms with E-state index in [1.165, 1.54) is 16.9 Å². The molecule has 4 heterocycles. The molecule has 0 spiro atoms. The maximum atomic E-state index is 13.5. The van der Waals surface area contributed by atoms with E-state index in [0.717, 1.165) is 11.1 Å². The smallest absolute Gasteiger partial charge is 0.276 e. The Morgan fingerprint density at radius 3 is 2.42 bits per heavy atom. The lowest BCUT2D eigenvalue weighted by molar-refractivity contribution is 0.0744. The van der Waals surface area contributed by atoms with Crippen molar-refractivity contribution in [3.63, 3.8) is 0 Å². The first-order chi connectivity index (χ1) is 18.2. The molecule has 0 bridgehead atoms. The fourth-order valence-corrected chi connectivity index (χ4v) is 4.87. The van der Waals surface area contributed by atoms with Crippen molar-refractivity contribution in [2.75, 3.05) is 13.1 Å². The van der Waals surface area contributed by atoms with E-state index in [2.05, 4.69) is 25.1 Å². The second kappa shape index (κ2) is 8.95. The fraction of sp³-hybridized carbons (Fsp3) is 0.333. The molecule has 3 aromatic heterocycles. The van der Waals surface area contributed by atoms with Crippen molar-refractivity contribution in [1.29, 1.82) is 0 Å². The van der Waals surface area contributed by atoms with Crippen molar-refractivity contribution in [3.05, 3.63) is 77.6 Å². The summed E-state index contributed by atoms with van der Waals surface area (Å²) < 4.78 is 19.8. The second-order valence-corrected chi connectivity index (χ2v) is 10.4. The molecule has 194 valence electrons. The molecule has 1 saturated heterocycles. The lowest BCUT2D eigenvalue weighted by Crippen LogP contribution is -2.34. The molecule has 3 atom stereocenters. The van der Waals surface area contributed by atoms with Gasteiger partial charge >= 0.3 is 0 Å². The highest BCUT2D eigenvalue weighted by Crippen LogP contribution is 2.48. The van der Waals surface area contributed by atoms with Gasteiger partial charge in [-0.1, -0.05) is 0 Å². The fourth-order valence-electron chi connectivity index (χ4n) is 4.87. The van der Waals surface area contributed by atoms with Crippen LogP contribution < -0.4 is 10.5 Å². The van der Waals surface area contributed by atoms with Gasteiger partial charge in [0.2, 0.25) is 5.88 Å². The van der Waals surface area contributed by atoms with E-state index in [0.29, 0.717) is 42.0 Å². The molecule has 38 heavy (non-hydrogen) atoms. The van der Waals surface area contributed by atoms with Crippen LogP contribution in [0.5, 0.6) is 5.88 Å². The van der Waals surface area contributed by atoms with Gasteiger partial charge in [-0.25, -0.2) is 19.3 Å². The first-order valence-corrected chi connectivity index (χ1v) is 12.4. The van der Waals surface area contributed by atoms with Crippen molar-refractivity contribution < 1.29 is 13.9 Å². The van der Waals surface area contributed by atoms with Gasteiger partial charge in [0.05, 0.1) is 11.4 Å². The Hall–Kier alpha value is -4.25. The van der Waals surface area contributed by atoms with E-state index in [1.54, 1.807) is 42.4 Å². The number of nitrogens with zero attached hydrogens (tertiary/aromatic N) is 7. The van der Waals surface area contributed by atoms with Gasteiger partial charge in [-0.15, -0.1) is 15.0 Å². The van der Waals surface area contributed by atoms with Crippen LogP contribution in [0.15, 0.2) is 54.9 Å². The molecule has 0 unspecified atom stereocenters. The summed E-state index contributed by atoms with van der Waals surface area (Å²) in [6.45, 7) is 6.71. The van der Waals surface area contributed by atoms with Gasteiger partial charge in [0.15, 0.2) is 5.69 Å². The molecule has 1 aliphatic heterocycles. The summed E-state index contributed by atoms with van der Waals surface area (Å²) in [5.41, 5.74) is 8.90. The lowest BCUT2D eigenvalue weighted by Gasteiger charge is -2.22. The number of hydrogen-bond donors (Lipinski definition) is 1. The Labute approximate surface area is 218 Å². The number of carbonyl (C=O) groups is 1. The number of aryl methyl sites for hydroxylation is 1. The predicted octanol–water partition coefficient (Wildman–Crippen LogP) is 2.91. The monoisotopic (exact) mass is 514 g/mol. The summed E-state index contributed by atoms with van der Waals surface area (Å²) in [7, 11) is 0. The number of benzene rings is 1. The zero-order valence-electron chi connectivity index (χ0n) is 21.2. The Kier molecular flexibility index (Phi) is 5.68. The highest BCUT2D eigenvalue weighted by Gasteiger charge is 2.59. The van der Waals surface area contributed by atoms with Gasteiger partial charge < -0.3 is 15.4 Å². The number of nitrogens with two attached hydrogens (primary N) is 1. The van der Waals surface area contributed by atoms with Crippen molar-refractivity contribution in [2.45, 2.75) is 32.4 Å². The molecule has 1 aliphatic carbocycles. The third kappa shape index (κ3) is 4.49.